The largest absolute Gasteiger partial charge is 0.497 e. The third kappa shape index (κ3) is 3.56. The Morgan fingerprint density at radius 3 is 2.61 bits per heavy atom. The Kier molecular flexibility index (Phi) is 5.23. The van der Waals surface area contributed by atoms with E-state index in [1.807, 2.05) is 23.1 Å². The Bertz CT molecular complexity index is 828. The molecule has 28 heavy (non-hydrogen) atoms. The molecule has 2 aliphatic heterocycles. The maximum atomic E-state index is 13.1. The standard InChI is InChI=1S/C21H25N3O4/c1-27-17-6-2-5-16(15-17)22-10-12-23(13-11-22)20(25)18-7-3-9-24(18)21(26)19-8-4-14-28-19/h2,4-6,8,14-15,18H,3,7,9-13H2,1H3. The molecule has 148 valence electrons. The Balaban J connectivity index is 1.38. The molecular weight excluding hydrogens is 358 g/mol. The number of anilines is 1. The van der Waals surface area contributed by atoms with E-state index in [1.54, 1.807) is 24.1 Å². The van der Waals surface area contributed by atoms with Crippen molar-refractivity contribution in [2.75, 3.05) is 44.7 Å². The predicted octanol–water partition coefficient (Wildman–Crippen LogP) is 2.24. The van der Waals surface area contributed by atoms with Crippen LogP contribution in [-0.4, -0.2) is 67.5 Å². The second-order valence-electron chi connectivity index (χ2n) is 7.15. The molecule has 0 spiro atoms. The van der Waals surface area contributed by atoms with Crippen LogP contribution in [0.25, 0.3) is 0 Å². The average Bonchev–Trinajstić information content (AvgIpc) is 3.45. The van der Waals surface area contributed by atoms with E-state index in [2.05, 4.69) is 11.0 Å². The van der Waals surface area contributed by atoms with Gasteiger partial charge in [-0.1, -0.05) is 6.07 Å². The van der Waals surface area contributed by atoms with E-state index in [0.717, 1.165) is 30.9 Å². The summed E-state index contributed by atoms with van der Waals surface area (Å²) in [5, 5.41) is 0. The average molecular weight is 383 g/mol. The summed E-state index contributed by atoms with van der Waals surface area (Å²) in [5.74, 6) is 0.968. The van der Waals surface area contributed by atoms with Gasteiger partial charge in [-0.15, -0.1) is 0 Å². The minimum absolute atomic E-state index is 0.0442. The number of methoxy groups -OCH3 is 1. The number of likely N-dealkylation sites (tertiary alicyclic amines) is 1. The number of piperazine rings is 1. The summed E-state index contributed by atoms with van der Waals surface area (Å²) < 4.78 is 10.5. The third-order valence-electron chi connectivity index (χ3n) is 5.54. The van der Waals surface area contributed by atoms with Crippen molar-refractivity contribution in [2.24, 2.45) is 0 Å². The molecule has 0 radical (unpaired) electrons. The van der Waals surface area contributed by atoms with Gasteiger partial charge >= 0.3 is 0 Å². The van der Waals surface area contributed by atoms with E-state index < -0.39 is 0 Å². The number of carbonyl (C=O) groups excluding carboxylic acids is 2. The fourth-order valence-electron chi connectivity index (χ4n) is 4.01. The van der Waals surface area contributed by atoms with E-state index in [-0.39, 0.29) is 17.9 Å². The lowest BCUT2D eigenvalue weighted by Gasteiger charge is -2.38. The minimum Gasteiger partial charge on any atom is -0.497 e. The van der Waals surface area contributed by atoms with Gasteiger partial charge in [0.05, 0.1) is 13.4 Å². The summed E-state index contributed by atoms with van der Waals surface area (Å²) in [5.41, 5.74) is 1.10. The molecule has 2 fully saturated rings. The van der Waals surface area contributed by atoms with E-state index in [0.29, 0.717) is 31.8 Å². The molecule has 2 aromatic rings. The zero-order valence-electron chi connectivity index (χ0n) is 16.0. The van der Waals surface area contributed by atoms with Crippen LogP contribution in [0, 0.1) is 0 Å². The molecule has 3 heterocycles. The Morgan fingerprint density at radius 1 is 1.07 bits per heavy atom. The van der Waals surface area contributed by atoms with Crippen LogP contribution in [0.1, 0.15) is 23.4 Å². The predicted molar refractivity (Wildman–Crippen MR) is 105 cm³/mol. The van der Waals surface area contributed by atoms with Crippen molar-refractivity contribution in [3.8, 4) is 5.75 Å². The van der Waals surface area contributed by atoms with Gasteiger partial charge in [-0.05, 0) is 37.1 Å². The summed E-state index contributed by atoms with van der Waals surface area (Å²) in [6.45, 7) is 3.42. The number of furan rings is 1. The molecule has 4 rings (SSSR count). The molecule has 7 heteroatoms. The van der Waals surface area contributed by atoms with Crippen LogP contribution < -0.4 is 9.64 Å². The number of hydrogen-bond donors (Lipinski definition) is 0. The third-order valence-corrected chi connectivity index (χ3v) is 5.54. The van der Waals surface area contributed by atoms with Crippen molar-refractivity contribution in [3.63, 3.8) is 0 Å². The van der Waals surface area contributed by atoms with Gasteiger partial charge in [0.15, 0.2) is 5.76 Å². The normalized spacial score (nSPS) is 19.8. The van der Waals surface area contributed by atoms with Crippen molar-refractivity contribution < 1.29 is 18.7 Å². The first-order valence-corrected chi connectivity index (χ1v) is 9.69. The molecule has 2 amide bonds. The zero-order chi connectivity index (χ0) is 19.5. The van der Waals surface area contributed by atoms with Gasteiger partial charge in [-0.2, -0.15) is 0 Å². The summed E-state index contributed by atoms with van der Waals surface area (Å²) in [7, 11) is 1.66. The minimum atomic E-state index is -0.388. The first-order chi connectivity index (χ1) is 13.7. The van der Waals surface area contributed by atoms with E-state index >= 15 is 0 Å². The lowest BCUT2D eigenvalue weighted by Crippen LogP contribution is -2.54. The topological polar surface area (TPSA) is 66.2 Å². The van der Waals surface area contributed by atoms with Crippen LogP contribution in [0.3, 0.4) is 0 Å². The molecule has 0 aliphatic carbocycles. The van der Waals surface area contributed by atoms with Gasteiger partial charge in [0.25, 0.3) is 5.91 Å². The highest BCUT2D eigenvalue weighted by atomic mass is 16.5. The molecular formula is C21H25N3O4. The molecule has 1 aromatic heterocycles. The van der Waals surface area contributed by atoms with Gasteiger partial charge in [-0.25, -0.2) is 0 Å². The maximum absolute atomic E-state index is 13.1. The van der Waals surface area contributed by atoms with Gasteiger partial charge in [0.1, 0.15) is 11.8 Å². The fourth-order valence-corrected chi connectivity index (χ4v) is 4.01. The molecule has 2 saturated heterocycles. The van der Waals surface area contributed by atoms with Gasteiger partial charge in [0, 0.05) is 44.5 Å². The summed E-state index contributed by atoms with van der Waals surface area (Å²) in [4.78, 5) is 31.5. The molecule has 0 N–H and O–H groups in total. The molecule has 0 bridgehead atoms. The lowest BCUT2D eigenvalue weighted by atomic mass is 10.1. The van der Waals surface area contributed by atoms with Crippen LogP contribution >= 0.6 is 0 Å². The molecule has 7 nitrogen and oxygen atoms in total. The van der Waals surface area contributed by atoms with Crippen LogP contribution in [-0.2, 0) is 4.79 Å². The first-order valence-electron chi connectivity index (χ1n) is 9.69. The molecule has 1 unspecified atom stereocenters. The second kappa shape index (κ2) is 7.96. The SMILES string of the molecule is COc1cccc(N2CCN(C(=O)C3CCCN3C(=O)c3ccco3)CC2)c1. The number of rotatable bonds is 4. The summed E-state index contributed by atoms with van der Waals surface area (Å²) in [6.07, 6.45) is 3.03. The van der Waals surface area contributed by atoms with Crippen LogP contribution in [0.4, 0.5) is 5.69 Å². The van der Waals surface area contributed by atoms with Crippen molar-refractivity contribution in [2.45, 2.75) is 18.9 Å². The maximum Gasteiger partial charge on any atom is 0.290 e. The Hall–Kier alpha value is -2.96. The van der Waals surface area contributed by atoms with Crippen molar-refractivity contribution in [1.82, 2.24) is 9.80 Å². The number of carbonyl (C=O) groups is 2. The lowest BCUT2D eigenvalue weighted by molar-refractivity contribution is -0.135. The monoisotopic (exact) mass is 383 g/mol. The Labute approximate surface area is 164 Å². The molecule has 1 aromatic carbocycles. The Morgan fingerprint density at radius 2 is 1.89 bits per heavy atom. The number of amides is 2. The van der Waals surface area contributed by atoms with E-state index in [9.17, 15) is 9.59 Å². The number of hydrogen-bond acceptors (Lipinski definition) is 5. The molecule has 2 aliphatic rings. The zero-order valence-corrected chi connectivity index (χ0v) is 16.0. The second-order valence-corrected chi connectivity index (χ2v) is 7.15. The number of benzene rings is 1. The molecule has 0 saturated carbocycles. The van der Waals surface area contributed by atoms with Crippen LogP contribution in [0.15, 0.2) is 47.1 Å². The first kappa shape index (κ1) is 18.4. The van der Waals surface area contributed by atoms with Gasteiger partial charge in [-0.3, -0.25) is 9.59 Å². The van der Waals surface area contributed by atoms with Gasteiger partial charge < -0.3 is 23.9 Å². The van der Waals surface area contributed by atoms with Crippen molar-refractivity contribution >= 4 is 17.5 Å². The summed E-state index contributed by atoms with van der Waals surface area (Å²) in [6, 6.07) is 10.9. The summed E-state index contributed by atoms with van der Waals surface area (Å²) >= 11 is 0. The number of ether oxygens (including phenoxy) is 1. The highest BCUT2D eigenvalue weighted by Gasteiger charge is 2.38. The van der Waals surface area contributed by atoms with Crippen molar-refractivity contribution in [1.29, 1.82) is 0 Å². The number of nitrogens with zero attached hydrogens (tertiary/aromatic N) is 3. The van der Waals surface area contributed by atoms with Crippen LogP contribution in [0.2, 0.25) is 0 Å². The quantitative estimate of drug-likeness (QED) is 0.810. The highest BCUT2D eigenvalue weighted by molar-refractivity contribution is 5.96. The molecule has 1 atom stereocenters. The fraction of sp³-hybridized carbons (Fsp3) is 0.429. The van der Waals surface area contributed by atoms with Crippen molar-refractivity contribution in [3.05, 3.63) is 48.4 Å². The van der Waals surface area contributed by atoms with Crippen LogP contribution in [0.5, 0.6) is 5.75 Å². The van der Waals surface area contributed by atoms with E-state index in [1.165, 1.54) is 6.26 Å². The van der Waals surface area contributed by atoms with Gasteiger partial charge in [0.2, 0.25) is 5.91 Å². The smallest absolute Gasteiger partial charge is 0.290 e. The highest BCUT2D eigenvalue weighted by Crippen LogP contribution is 2.25. The van der Waals surface area contributed by atoms with E-state index in [4.69, 9.17) is 9.15 Å².